The Morgan fingerprint density at radius 1 is 0.319 bits per heavy atom. The molecular formula is C67H57B2N3. The molecule has 3 nitrogen and oxygen atoms in total. The Kier molecular flexibility index (Phi) is 8.16. The van der Waals surface area contributed by atoms with Crippen LogP contribution in [0.1, 0.15) is 105 Å². The van der Waals surface area contributed by atoms with E-state index in [2.05, 4.69) is 259 Å². The first-order chi connectivity index (χ1) is 34.8. The summed E-state index contributed by atoms with van der Waals surface area (Å²) < 4.78 is 0. The molecule has 15 rings (SSSR count). The molecule has 0 fully saturated rings. The van der Waals surface area contributed by atoms with Crippen LogP contribution in [0.4, 0.5) is 51.2 Å². The van der Waals surface area contributed by atoms with Crippen LogP contribution in [0.25, 0.3) is 0 Å². The van der Waals surface area contributed by atoms with Gasteiger partial charge in [0.15, 0.2) is 0 Å². The Labute approximate surface area is 426 Å². The molecule has 0 saturated heterocycles. The van der Waals surface area contributed by atoms with Crippen LogP contribution in [0.5, 0.6) is 0 Å². The van der Waals surface area contributed by atoms with Crippen molar-refractivity contribution < 1.29 is 0 Å². The summed E-state index contributed by atoms with van der Waals surface area (Å²) in [5.74, 6) is 0. The Morgan fingerprint density at radius 3 is 0.944 bits per heavy atom. The second-order valence-corrected chi connectivity index (χ2v) is 23.6. The highest BCUT2D eigenvalue weighted by Crippen LogP contribution is 2.57. The second-order valence-electron chi connectivity index (χ2n) is 23.6. The molecule has 9 aromatic carbocycles. The van der Waals surface area contributed by atoms with E-state index in [0.29, 0.717) is 0 Å². The van der Waals surface area contributed by atoms with Gasteiger partial charge in [-0.3, -0.25) is 0 Å². The molecule has 5 heteroatoms. The first kappa shape index (κ1) is 42.2. The number of fused-ring (bicyclic) bond motifs is 2. The topological polar surface area (TPSA) is 9.72 Å². The standard InChI is InChI=1S/C67H57B2N3/c1-40-53-61-63-62-54(40)65(4,5)46-33-23-35-48-58(46)69(62)60-52(39-37-50(56(60)67(48,8)9)71(43-28-18-12-19-29-43)44-30-20-13-21-31-44)72(63)51-38-36-49(70(41-24-14-10-15-25-41)42-26-16-11-17-27-42)55-59(51)68(61)57-45(64(53,2)3)32-22-34-47(57)66(55,6)7/h10-39H,1-9H3. The number of hydrogen-bond donors (Lipinski definition) is 0. The zero-order chi connectivity index (χ0) is 49.0. The lowest BCUT2D eigenvalue weighted by molar-refractivity contribution is 0.601. The fourth-order valence-electron chi connectivity index (χ4n) is 16.1. The van der Waals surface area contributed by atoms with Crippen molar-refractivity contribution in [1.29, 1.82) is 0 Å². The van der Waals surface area contributed by atoms with Gasteiger partial charge in [0.05, 0.1) is 0 Å². The maximum Gasteiger partial charge on any atom is 0.248 e. The zero-order valence-corrected chi connectivity index (χ0v) is 42.8. The van der Waals surface area contributed by atoms with Gasteiger partial charge >= 0.3 is 0 Å². The quantitative estimate of drug-likeness (QED) is 0.154. The van der Waals surface area contributed by atoms with Gasteiger partial charge in [-0.2, -0.15) is 0 Å². The maximum absolute atomic E-state index is 2.82. The van der Waals surface area contributed by atoms with E-state index in [-0.39, 0.29) is 35.1 Å². The molecule has 0 atom stereocenters. The largest absolute Gasteiger partial charge is 0.312 e. The average molecular weight is 926 g/mol. The number of para-hydroxylation sites is 4. The number of nitrogens with zero attached hydrogens (tertiary/aromatic N) is 3. The Balaban J connectivity index is 1.13. The lowest BCUT2D eigenvalue weighted by Gasteiger charge is -2.58. The van der Waals surface area contributed by atoms with E-state index in [1.54, 1.807) is 0 Å². The molecule has 0 radical (unpaired) electrons. The molecule has 6 aliphatic heterocycles. The summed E-state index contributed by atoms with van der Waals surface area (Å²) in [4.78, 5) is 7.87. The van der Waals surface area contributed by atoms with Gasteiger partial charge in [0.25, 0.3) is 0 Å². The van der Waals surface area contributed by atoms with Crippen LogP contribution in [-0.2, 0) is 21.7 Å². The molecule has 0 N–H and O–H groups in total. The molecular weight excluding hydrogens is 868 g/mol. The minimum atomic E-state index is -0.343. The predicted molar refractivity (Wildman–Crippen MR) is 306 cm³/mol. The molecule has 72 heavy (non-hydrogen) atoms. The van der Waals surface area contributed by atoms with Gasteiger partial charge in [-0.05, 0) is 152 Å². The van der Waals surface area contributed by atoms with Crippen LogP contribution in [0, 0.1) is 6.92 Å². The molecule has 0 aromatic heterocycles. The third-order valence-corrected chi connectivity index (χ3v) is 18.6. The van der Waals surface area contributed by atoms with E-state index in [0.717, 1.165) is 22.7 Å². The molecule has 6 heterocycles. The van der Waals surface area contributed by atoms with Crippen LogP contribution in [0.3, 0.4) is 0 Å². The van der Waals surface area contributed by atoms with Crippen LogP contribution in [-0.4, -0.2) is 13.4 Å². The van der Waals surface area contributed by atoms with Gasteiger partial charge in [-0.1, -0.05) is 176 Å². The summed E-state index contributed by atoms with van der Waals surface area (Å²) >= 11 is 0. The van der Waals surface area contributed by atoms with E-state index in [1.807, 2.05) is 0 Å². The first-order valence-corrected chi connectivity index (χ1v) is 26.2. The van der Waals surface area contributed by atoms with E-state index >= 15 is 0 Å². The lowest BCUT2D eigenvalue weighted by Crippen LogP contribution is -2.75. The Morgan fingerprint density at radius 2 is 0.625 bits per heavy atom. The van der Waals surface area contributed by atoms with Crippen molar-refractivity contribution in [2.45, 2.75) is 84.0 Å². The van der Waals surface area contributed by atoms with Gasteiger partial charge in [-0.25, -0.2) is 0 Å². The number of hydrogen-bond acceptors (Lipinski definition) is 3. The maximum atomic E-state index is 2.82. The average Bonchev–Trinajstić information content (AvgIpc) is 3.38. The van der Waals surface area contributed by atoms with E-state index < -0.39 is 0 Å². The van der Waals surface area contributed by atoms with Crippen LogP contribution in [0.15, 0.2) is 182 Å². The minimum Gasteiger partial charge on any atom is -0.312 e. The van der Waals surface area contributed by atoms with E-state index in [9.17, 15) is 0 Å². The monoisotopic (exact) mass is 925 g/mol. The number of anilines is 9. The fourth-order valence-corrected chi connectivity index (χ4v) is 16.1. The third-order valence-electron chi connectivity index (χ3n) is 18.6. The van der Waals surface area contributed by atoms with Crippen LogP contribution >= 0.6 is 0 Å². The summed E-state index contributed by atoms with van der Waals surface area (Å²) in [6.07, 6.45) is 0. The van der Waals surface area contributed by atoms with E-state index in [1.165, 1.54) is 111 Å². The summed E-state index contributed by atoms with van der Waals surface area (Å²) in [5.41, 5.74) is 32.2. The molecule has 0 amide bonds. The SMILES string of the molecule is Cc1c2c3c4c5c1C(C)(C)c1cccc6c1B5c1c(ccc(N(c5ccccc5)c5ccccc5)c1C6(C)C)N4c1ccc(N(c4ccccc4)c4ccccc4)c4c1B3c1c(cccc1C2(C)C)C4(C)C. The molecule has 0 unspecified atom stereocenters. The summed E-state index contributed by atoms with van der Waals surface area (Å²) in [5, 5.41) is 0. The fraction of sp³-hybridized carbons (Fsp3) is 0.194. The number of rotatable bonds is 6. The van der Waals surface area contributed by atoms with Crippen molar-refractivity contribution in [3.8, 4) is 0 Å². The zero-order valence-electron chi connectivity index (χ0n) is 42.8. The van der Waals surface area contributed by atoms with Gasteiger partial charge in [0, 0.05) is 72.8 Å². The summed E-state index contributed by atoms with van der Waals surface area (Å²) in [6, 6.07) is 68.8. The van der Waals surface area contributed by atoms with Crippen LogP contribution < -0.4 is 47.5 Å². The molecule has 0 bridgehead atoms. The molecule has 0 spiro atoms. The normalized spacial score (nSPS) is 17.0. The molecule has 6 aliphatic rings. The van der Waals surface area contributed by atoms with Crippen molar-refractivity contribution >= 4 is 97.4 Å². The van der Waals surface area contributed by atoms with Crippen molar-refractivity contribution in [2.24, 2.45) is 0 Å². The van der Waals surface area contributed by atoms with E-state index in [4.69, 9.17) is 0 Å². The van der Waals surface area contributed by atoms with Crippen molar-refractivity contribution in [1.82, 2.24) is 0 Å². The highest BCUT2D eigenvalue weighted by molar-refractivity contribution is 7.04. The van der Waals surface area contributed by atoms with Crippen molar-refractivity contribution in [3.63, 3.8) is 0 Å². The Hall–Kier alpha value is -7.49. The first-order valence-electron chi connectivity index (χ1n) is 26.2. The molecule has 9 aromatic rings. The predicted octanol–water partition coefficient (Wildman–Crippen LogP) is 12.6. The van der Waals surface area contributed by atoms with Gasteiger partial charge in [0.2, 0.25) is 13.4 Å². The van der Waals surface area contributed by atoms with Crippen molar-refractivity contribution in [2.75, 3.05) is 14.7 Å². The highest BCUT2D eigenvalue weighted by Gasteiger charge is 2.61. The van der Waals surface area contributed by atoms with Gasteiger partial charge < -0.3 is 14.7 Å². The number of benzene rings is 9. The highest BCUT2D eigenvalue weighted by atomic mass is 15.2. The minimum absolute atomic E-state index is 0.0626. The second kappa shape index (κ2) is 13.9. The summed E-state index contributed by atoms with van der Waals surface area (Å²) in [6.45, 7) is 22.8. The molecule has 0 saturated carbocycles. The van der Waals surface area contributed by atoms with Gasteiger partial charge in [-0.15, -0.1) is 0 Å². The third kappa shape index (κ3) is 4.95. The molecule has 346 valence electrons. The molecule has 0 aliphatic carbocycles. The smallest absolute Gasteiger partial charge is 0.248 e. The van der Waals surface area contributed by atoms with Gasteiger partial charge in [0.1, 0.15) is 0 Å². The Bertz CT molecular complexity index is 3510. The summed E-state index contributed by atoms with van der Waals surface area (Å²) in [7, 11) is 0. The van der Waals surface area contributed by atoms with Crippen LogP contribution in [0.2, 0.25) is 0 Å². The van der Waals surface area contributed by atoms with Crippen molar-refractivity contribution in [3.05, 3.63) is 232 Å². The lowest BCUT2D eigenvalue weighted by atomic mass is 9.21.